The van der Waals surface area contributed by atoms with E-state index in [1.807, 2.05) is 0 Å². The van der Waals surface area contributed by atoms with Crippen molar-refractivity contribution in [1.29, 1.82) is 0 Å². The predicted octanol–water partition coefficient (Wildman–Crippen LogP) is 0.706. The smallest absolute Gasteiger partial charge is 0.0685 e. The van der Waals surface area contributed by atoms with Gasteiger partial charge in [0.05, 0.1) is 11.4 Å². The monoisotopic (exact) mass is 220 g/mol. The molecule has 0 atom stereocenters. The summed E-state index contributed by atoms with van der Waals surface area (Å²) in [6.07, 6.45) is 2.34. The highest BCUT2D eigenvalue weighted by Gasteiger charge is 2.24. The van der Waals surface area contributed by atoms with Crippen molar-refractivity contribution < 1.29 is 0 Å². The summed E-state index contributed by atoms with van der Waals surface area (Å²) >= 11 is 0. The minimum Gasteiger partial charge on any atom is -0.302 e. The van der Waals surface area contributed by atoms with Crippen molar-refractivity contribution in [1.82, 2.24) is 19.6 Å². The highest BCUT2D eigenvalue weighted by Crippen LogP contribution is 2.24. The fraction of sp³-hybridized carbons (Fsp3) is 0.750. The lowest BCUT2D eigenvalue weighted by Gasteiger charge is -2.23. The second-order valence-corrected chi connectivity index (χ2v) is 5.17. The first-order valence-corrected chi connectivity index (χ1v) is 6.18. The van der Waals surface area contributed by atoms with E-state index in [2.05, 4.69) is 28.6 Å². The molecule has 0 bridgehead atoms. The fourth-order valence-corrected chi connectivity index (χ4v) is 2.81. The van der Waals surface area contributed by atoms with Crippen molar-refractivity contribution in [3.05, 3.63) is 17.0 Å². The summed E-state index contributed by atoms with van der Waals surface area (Å²) < 4.78 is 2.26. The maximum Gasteiger partial charge on any atom is 0.0685 e. The van der Waals surface area contributed by atoms with E-state index in [1.54, 1.807) is 0 Å². The third-order valence-electron chi connectivity index (χ3n) is 3.74. The Morgan fingerprint density at radius 2 is 1.81 bits per heavy atom. The number of aromatic nitrogens is 2. The number of hydrogen-bond acceptors (Lipinski definition) is 3. The van der Waals surface area contributed by atoms with Gasteiger partial charge in [0.2, 0.25) is 0 Å². The maximum absolute atomic E-state index is 4.78. The van der Waals surface area contributed by atoms with Gasteiger partial charge in [-0.25, -0.2) is 0 Å². The summed E-state index contributed by atoms with van der Waals surface area (Å²) in [6.45, 7) is 5.58. The highest BCUT2D eigenvalue weighted by atomic mass is 15.3. The van der Waals surface area contributed by atoms with Crippen LogP contribution in [0.15, 0.2) is 0 Å². The number of likely N-dealkylation sites (N-methyl/N-ethyl adjacent to an activating group) is 1. The Labute approximate surface area is 96.8 Å². The molecule has 4 nitrogen and oxygen atoms in total. The van der Waals surface area contributed by atoms with Gasteiger partial charge in [-0.1, -0.05) is 0 Å². The lowest BCUT2D eigenvalue weighted by atomic mass is 10.1. The van der Waals surface area contributed by atoms with Crippen LogP contribution < -0.4 is 0 Å². The molecule has 0 saturated carbocycles. The van der Waals surface area contributed by atoms with Crippen LogP contribution in [-0.4, -0.2) is 46.8 Å². The van der Waals surface area contributed by atoms with Gasteiger partial charge in [-0.3, -0.25) is 4.68 Å². The number of rotatable bonds is 0. The summed E-state index contributed by atoms with van der Waals surface area (Å²) in [5.74, 6) is 0. The zero-order valence-electron chi connectivity index (χ0n) is 10.2. The van der Waals surface area contributed by atoms with E-state index in [4.69, 9.17) is 5.10 Å². The Hall–Kier alpha value is -0.870. The van der Waals surface area contributed by atoms with Crippen LogP contribution in [0.3, 0.4) is 0 Å². The molecule has 16 heavy (non-hydrogen) atoms. The average molecular weight is 220 g/mol. The molecule has 2 aliphatic heterocycles. The van der Waals surface area contributed by atoms with Crippen molar-refractivity contribution in [2.75, 3.05) is 27.2 Å². The minimum atomic E-state index is 1.07. The van der Waals surface area contributed by atoms with E-state index in [1.165, 1.54) is 29.9 Å². The van der Waals surface area contributed by atoms with E-state index in [0.717, 1.165) is 32.6 Å². The third-order valence-corrected chi connectivity index (χ3v) is 3.74. The molecule has 0 unspecified atom stereocenters. The third kappa shape index (κ3) is 1.66. The number of hydrogen-bond donors (Lipinski definition) is 0. The van der Waals surface area contributed by atoms with Gasteiger partial charge in [0.1, 0.15) is 0 Å². The predicted molar refractivity (Wildman–Crippen MR) is 63.2 cm³/mol. The Kier molecular flexibility index (Phi) is 2.48. The first-order valence-electron chi connectivity index (χ1n) is 6.18. The molecular formula is C12H20N4. The topological polar surface area (TPSA) is 24.3 Å². The molecule has 3 rings (SSSR count). The summed E-state index contributed by atoms with van der Waals surface area (Å²) in [7, 11) is 4.41. The van der Waals surface area contributed by atoms with Gasteiger partial charge in [0.15, 0.2) is 0 Å². The average Bonchev–Trinajstić information content (AvgIpc) is 2.47. The van der Waals surface area contributed by atoms with E-state index in [9.17, 15) is 0 Å². The molecule has 2 aliphatic rings. The van der Waals surface area contributed by atoms with E-state index in [0.29, 0.717) is 0 Å². The molecule has 3 heterocycles. The summed E-state index contributed by atoms with van der Waals surface area (Å²) in [4.78, 5) is 4.81. The minimum absolute atomic E-state index is 1.07. The van der Waals surface area contributed by atoms with Gasteiger partial charge in [0, 0.05) is 44.7 Å². The zero-order valence-corrected chi connectivity index (χ0v) is 10.2. The van der Waals surface area contributed by atoms with Crippen LogP contribution in [0.2, 0.25) is 0 Å². The molecular weight excluding hydrogens is 200 g/mol. The maximum atomic E-state index is 4.78. The largest absolute Gasteiger partial charge is 0.302 e. The van der Waals surface area contributed by atoms with Gasteiger partial charge in [-0.2, -0.15) is 5.10 Å². The zero-order chi connectivity index (χ0) is 11.1. The van der Waals surface area contributed by atoms with E-state index in [-0.39, 0.29) is 0 Å². The molecule has 0 aliphatic carbocycles. The van der Waals surface area contributed by atoms with E-state index >= 15 is 0 Å². The van der Waals surface area contributed by atoms with Gasteiger partial charge in [-0.15, -0.1) is 0 Å². The van der Waals surface area contributed by atoms with Gasteiger partial charge >= 0.3 is 0 Å². The van der Waals surface area contributed by atoms with Crippen LogP contribution in [0.1, 0.15) is 23.4 Å². The number of nitrogens with zero attached hydrogens (tertiary/aromatic N) is 4. The van der Waals surface area contributed by atoms with Crippen LogP contribution in [0, 0.1) is 0 Å². The first-order chi connectivity index (χ1) is 7.74. The van der Waals surface area contributed by atoms with Crippen molar-refractivity contribution in [2.45, 2.75) is 32.5 Å². The van der Waals surface area contributed by atoms with E-state index < -0.39 is 0 Å². The van der Waals surface area contributed by atoms with Gasteiger partial charge in [0.25, 0.3) is 0 Å². The summed E-state index contributed by atoms with van der Waals surface area (Å²) in [5, 5.41) is 4.78. The van der Waals surface area contributed by atoms with Crippen molar-refractivity contribution >= 4 is 0 Å². The molecule has 0 saturated heterocycles. The van der Waals surface area contributed by atoms with Crippen molar-refractivity contribution in [2.24, 2.45) is 0 Å². The lowest BCUT2D eigenvalue weighted by Crippen LogP contribution is -2.27. The molecule has 88 valence electrons. The van der Waals surface area contributed by atoms with Gasteiger partial charge < -0.3 is 9.80 Å². The molecule has 0 amide bonds. The van der Waals surface area contributed by atoms with Gasteiger partial charge in [-0.05, 0) is 20.5 Å². The number of aryl methyl sites for hydroxylation is 1. The highest BCUT2D eigenvalue weighted by molar-refractivity contribution is 5.29. The first kappa shape index (κ1) is 10.3. The molecule has 0 aromatic carbocycles. The normalized spacial score (nSPS) is 22.6. The Morgan fingerprint density at radius 1 is 1.00 bits per heavy atom. The molecule has 0 fully saturated rings. The van der Waals surface area contributed by atoms with Crippen molar-refractivity contribution in [3.63, 3.8) is 0 Å². The Balaban J connectivity index is 2.00. The molecule has 1 aromatic heterocycles. The second-order valence-electron chi connectivity index (χ2n) is 5.17. The SMILES string of the molecule is CN1CCc2nn3c(c2C1)CN(C)CCC3. The quantitative estimate of drug-likeness (QED) is 0.643. The van der Waals surface area contributed by atoms with Crippen LogP contribution in [0.5, 0.6) is 0 Å². The molecule has 0 spiro atoms. The van der Waals surface area contributed by atoms with Crippen molar-refractivity contribution in [3.8, 4) is 0 Å². The lowest BCUT2D eigenvalue weighted by molar-refractivity contribution is 0.301. The second kappa shape index (κ2) is 3.86. The molecule has 1 aromatic rings. The molecule has 4 heteroatoms. The Bertz CT molecular complexity index is 396. The summed E-state index contributed by atoms with van der Waals surface area (Å²) in [6, 6.07) is 0. The van der Waals surface area contributed by atoms with Crippen LogP contribution in [0.4, 0.5) is 0 Å². The fourth-order valence-electron chi connectivity index (χ4n) is 2.81. The number of fused-ring (bicyclic) bond motifs is 3. The van der Waals surface area contributed by atoms with Crippen LogP contribution >= 0.6 is 0 Å². The molecule has 0 N–H and O–H groups in total. The summed E-state index contributed by atoms with van der Waals surface area (Å²) in [5.41, 5.74) is 4.31. The Morgan fingerprint density at radius 3 is 2.69 bits per heavy atom. The standard InChI is InChI=1S/C12H20N4/c1-14-5-3-6-16-12(9-14)10-8-15(2)7-4-11(10)13-16/h3-9H2,1-2H3. The van der Waals surface area contributed by atoms with Crippen LogP contribution in [0.25, 0.3) is 0 Å². The molecule has 0 radical (unpaired) electrons. The van der Waals surface area contributed by atoms with Crippen LogP contribution in [-0.2, 0) is 26.1 Å².